The van der Waals surface area contributed by atoms with Crippen molar-refractivity contribution < 1.29 is 2.74 Å². The van der Waals surface area contributed by atoms with Gasteiger partial charge >= 0.3 is 0 Å². The molecule has 0 aromatic heterocycles. The Morgan fingerprint density at radius 3 is 3.00 bits per heavy atom. The minimum absolute atomic E-state index is 0.229. The van der Waals surface area contributed by atoms with Gasteiger partial charge in [-0.1, -0.05) is 0 Å². The molecular weight excluding hydrogens is 72.1 g/mol. The Bertz CT molecular complexity index is 155. The van der Waals surface area contributed by atoms with Crippen LogP contribution < -0.4 is 0 Å². The first-order chi connectivity index (χ1) is 3.80. The zero-order chi connectivity index (χ0) is 5.98. The number of allylic oxidation sites excluding steroid dienone is 6. The molecule has 0 spiro atoms. The Kier molecular flexibility index (Phi) is 0.441. The molecule has 28 valence electrons. The molecule has 0 aliphatic heterocycles. The largest absolute Gasteiger partial charge is 0.153 e. The average Bonchev–Trinajstić information content (AvgIpc) is 1.77. The molecular formula is C6H5+. The minimum Gasteiger partial charge on any atom is 0.0395 e. The van der Waals surface area contributed by atoms with E-state index in [1.807, 2.05) is 0 Å². The van der Waals surface area contributed by atoms with Gasteiger partial charge in [0.05, 0.1) is 1.37 Å². The van der Waals surface area contributed by atoms with Crippen molar-refractivity contribution in [3.05, 3.63) is 36.4 Å². The third kappa shape index (κ3) is 0.540. The number of hydrogen-bond donors (Lipinski definition) is 0. The van der Waals surface area contributed by atoms with Gasteiger partial charge in [-0.3, -0.25) is 0 Å². The second kappa shape index (κ2) is 1.54. The smallest absolute Gasteiger partial charge is 0.0395 e. The van der Waals surface area contributed by atoms with Gasteiger partial charge in [0.2, 0.25) is 0 Å². The highest BCUT2D eigenvalue weighted by atomic mass is 13.7. The van der Waals surface area contributed by atoms with Crippen LogP contribution in [0.5, 0.6) is 0 Å². The second-order valence-corrected chi connectivity index (χ2v) is 0.933. The molecule has 1 rings (SSSR count). The predicted octanol–water partition coefficient (Wildman–Crippen LogP) is 1.47. The molecule has 0 atom stereocenters. The van der Waals surface area contributed by atoms with Gasteiger partial charge in [0, 0.05) is 24.3 Å². The molecule has 0 aromatic carbocycles. The molecule has 0 aromatic rings. The Morgan fingerprint density at radius 1 is 1.50 bits per heavy atom. The van der Waals surface area contributed by atoms with Crippen LogP contribution in [0.15, 0.2) is 30.3 Å². The summed E-state index contributed by atoms with van der Waals surface area (Å²) in [6.07, 6.45) is 7.34. The molecule has 0 fully saturated rings. The van der Waals surface area contributed by atoms with Crippen LogP contribution >= 0.6 is 0 Å². The quantitative estimate of drug-likeness (QED) is 0.386. The molecule has 0 N–H and O–H groups in total. The molecule has 0 heterocycles. The van der Waals surface area contributed by atoms with Crippen molar-refractivity contribution in [1.82, 2.24) is 0 Å². The van der Waals surface area contributed by atoms with Crippen LogP contribution in [0.3, 0.4) is 0 Å². The van der Waals surface area contributed by atoms with Crippen molar-refractivity contribution in [2.24, 2.45) is 0 Å². The van der Waals surface area contributed by atoms with E-state index < -0.39 is 0 Å². The van der Waals surface area contributed by atoms with Crippen molar-refractivity contribution in [2.45, 2.75) is 0 Å². The highest BCUT2D eigenvalue weighted by molar-refractivity contribution is 5.18. The van der Waals surface area contributed by atoms with Crippen LogP contribution in [0.4, 0.5) is 0 Å². The summed E-state index contributed by atoms with van der Waals surface area (Å²) in [6, 6.07) is 0.483. The van der Waals surface area contributed by atoms with Crippen LogP contribution in [0.2, 0.25) is 0 Å². The van der Waals surface area contributed by atoms with Gasteiger partial charge in [0.1, 0.15) is 12.2 Å². The highest BCUT2D eigenvalue weighted by Gasteiger charge is 1.78. The summed E-state index contributed by atoms with van der Waals surface area (Å²) in [7, 11) is 0. The van der Waals surface area contributed by atoms with Gasteiger partial charge in [0.15, 0.2) is 1.37 Å². The standard InChI is InChI=1S/C6H5/c1-2-4-6-5-3-1/h1-5H/q+1/i1D,2D. The number of hydrogen-bond acceptors (Lipinski definition) is 0. The van der Waals surface area contributed by atoms with Gasteiger partial charge < -0.3 is 0 Å². The van der Waals surface area contributed by atoms with Gasteiger partial charge in [-0.05, 0) is 0 Å². The maximum Gasteiger partial charge on any atom is 0.153 e. The van der Waals surface area contributed by atoms with E-state index in [1.54, 1.807) is 12.2 Å². The predicted molar refractivity (Wildman–Crippen MR) is 26.1 cm³/mol. The Morgan fingerprint density at radius 2 is 2.50 bits per heavy atom. The van der Waals surface area contributed by atoms with Gasteiger partial charge in [-0.2, -0.15) is 0 Å². The highest BCUT2D eigenvalue weighted by Crippen LogP contribution is 1.85. The molecule has 0 unspecified atom stereocenters. The lowest BCUT2D eigenvalue weighted by Gasteiger charge is -1.64. The SMILES string of the molecule is [2H]C1=C([2H])C=C[C+]=C1. The molecule has 0 amide bonds. The second-order valence-electron chi connectivity index (χ2n) is 0.933. The molecule has 0 saturated heterocycles. The normalized spacial score (nSPS) is 22.7. The first kappa shape index (κ1) is 1.72. The molecule has 0 bridgehead atoms. The zero-order valence-corrected chi connectivity index (χ0v) is 3.23. The monoisotopic (exact) mass is 79.1 g/mol. The zero-order valence-electron chi connectivity index (χ0n) is 5.23. The lowest BCUT2D eigenvalue weighted by atomic mass is 10.3. The molecule has 0 nitrogen and oxygen atoms in total. The van der Waals surface area contributed by atoms with Gasteiger partial charge in [-0.15, -0.1) is 0 Å². The Labute approximate surface area is 40.3 Å². The fourth-order valence-electron chi connectivity index (χ4n) is 0.269. The molecule has 1 aliphatic rings. The van der Waals surface area contributed by atoms with E-state index in [2.05, 4.69) is 6.08 Å². The summed E-state index contributed by atoms with van der Waals surface area (Å²) < 4.78 is 14.0. The third-order valence-corrected chi connectivity index (χ3v) is 0.502. The first-order valence-corrected chi connectivity index (χ1v) is 1.74. The fraction of sp³-hybridized carbons (Fsp3) is 0. The number of rotatable bonds is 0. The molecule has 0 heteroatoms. The van der Waals surface area contributed by atoms with Crippen molar-refractivity contribution in [3.8, 4) is 0 Å². The summed E-state index contributed by atoms with van der Waals surface area (Å²) in [5.41, 5.74) is 0. The van der Waals surface area contributed by atoms with Crippen LogP contribution in [0.1, 0.15) is 2.74 Å². The van der Waals surface area contributed by atoms with E-state index in [0.29, 0.717) is 0 Å². The summed E-state index contributed by atoms with van der Waals surface area (Å²) >= 11 is 0. The van der Waals surface area contributed by atoms with Crippen molar-refractivity contribution in [3.63, 3.8) is 0 Å². The van der Waals surface area contributed by atoms with E-state index in [9.17, 15) is 0 Å². The first-order valence-electron chi connectivity index (χ1n) is 2.74. The van der Waals surface area contributed by atoms with E-state index in [-0.39, 0.29) is 12.1 Å². The third-order valence-electron chi connectivity index (χ3n) is 0.502. The summed E-state index contributed by atoms with van der Waals surface area (Å²) in [4.78, 5) is 0. The maximum atomic E-state index is 7.01. The minimum atomic E-state index is 0.229. The van der Waals surface area contributed by atoms with Crippen molar-refractivity contribution in [1.29, 1.82) is 0 Å². The lowest BCUT2D eigenvalue weighted by Crippen LogP contribution is -1.56. The van der Waals surface area contributed by atoms with E-state index in [0.717, 1.165) is 0 Å². The molecule has 1 aliphatic carbocycles. The Balaban J connectivity index is 2.97. The van der Waals surface area contributed by atoms with E-state index in [1.165, 1.54) is 6.08 Å². The van der Waals surface area contributed by atoms with Crippen LogP contribution in [-0.2, 0) is 0 Å². The van der Waals surface area contributed by atoms with Crippen LogP contribution in [0.25, 0.3) is 0 Å². The van der Waals surface area contributed by atoms with E-state index in [4.69, 9.17) is 2.74 Å². The summed E-state index contributed by atoms with van der Waals surface area (Å²) in [5.74, 6) is 0. The van der Waals surface area contributed by atoms with Gasteiger partial charge in [-0.25, -0.2) is 0 Å². The molecule has 0 saturated carbocycles. The topological polar surface area (TPSA) is 0 Å². The average molecular weight is 79.1 g/mol. The summed E-state index contributed by atoms with van der Waals surface area (Å²) in [6.45, 7) is 0. The Hall–Kier alpha value is -0.870. The molecule has 6 heavy (non-hydrogen) atoms. The fourth-order valence-corrected chi connectivity index (χ4v) is 0.269. The molecule has 0 radical (unpaired) electrons. The van der Waals surface area contributed by atoms with Gasteiger partial charge in [0.25, 0.3) is 0 Å². The summed E-state index contributed by atoms with van der Waals surface area (Å²) in [5, 5.41) is 0. The van der Waals surface area contributed by atoms with Crippen LogP contribution in [-0.4, -0.2) is 0 Å². The van der Waals surface area contributed by atoms with Crippen LogP contribution in [0, 0.1) is 6.08 Å². The van der Waals surface area contributed by atoms with Crippen molar-refractivity contribution >= 4 is 0 Å². The lowest BCUT2D eigenvalue weighted by molar-refractivity contribution is 1.75. The van der Waals surface area contributed by atoms with E-state index >= 15 is 0 Å². The maximum absolute atomic E-state index is 7.01. The van der Waals surface area contributed by atoms with Crippen molar-refractivity contribution in [2.75, 3.05) is 0 Å².